The zero-order valence-electron chi connectivity index (χ0n) is 15.0. The third-order valence-corrected chi connectivity index (χ3v) is 4.35. The normalized spacial score (nSPS) is 12.0. The molecule has 1 aromatic heterocycles. The summed E-state index contributed by atoms with van der Waals surface area (Å²) in [5.41, 5.74) is 4.58. The average molecular weight is 334 g/mol. The Morgan fingerprint density at radius 3 is 2.60 bits per heavy atom. The Hall–Kier alpha value is -2.88. The molecule has 0 bridgehead atoms. The molecule has 4 heteroatoms. The van der Waals surface area contributed by atoms with Crippen LogP contribution in [0.3, 0.4) is 0 Å². The van der Waals surface area contributed by atoms with Gasteiger partial charge in [-0.1, -0.05) is 30.3 Å². The predicted molar refractivity (Wildman–Crippen MR) is 101 cm³/mol. The fraction of sp³-hybridized carbons (Fsp3) is 0.238. The molecule has 0 aliphatic rings. The lowest BCUT2D eigenvalue weighted by Gasteiger charge is -2.17. The zero-order chi connectivity index (χ0) is 18.0. The fourth-order valence-corrected chi connectivity index (χ4v) is 2.68. The number of nitrogens with one attached hydrogen (secondary N) is 1. The quantitative estimate of drug-likeness (QED) is 0.760. The molecule has 128 valence electrons. The summed E-state index contributed by atoms with van der Waals surface area (Å²) in [6.45, 7) is 7.70. The number of anilines is 1. The van der Waals surface area contributed by atoms with E-state index >= 15 is 0 Å². The Morgan fingerprint density at radius 1 is 1.04 bits per heavy atom. The van der Waals surface area contributed by atoms with Crippen LogP contribution >= 0.6 is 0 Å². The molecule has 25 heavy (non-hydrogen) atoms. The summed E-state index contributed by atoms with van der Waals surface area (Å²) in [5.74, 6) is 0.534. The lowest BCUT2D eigenvalue weighted by Crippen LogP contribution is -2.30. The molecule has 1 N–H and O–H groups in total. The van der Waals surface area contributed by atoms with Crippen molar-refractivity contribution in [3.05, 3.63) is 65.4 Å². The molecule has 0 aliphatic heterocycles. The van der Waals surface area contributed by atoms with Gasteiger partial charge < -0.3 is 10.1 Å². The number of hydrogen-bond acceptors (Lipinski definition) is 3. The van der Waals surface area contributed by atoms with Crippen molar-refractivity contribution >= 4 is 22.5 Å². The third-order valence-electron chi connectivity index (χ3n) is 4.35. The standard InChI is InChI=1S/C21H22N2O2/c1-13-7-5-10-19(15(13)3)25-16(4)21(24)23-18-9-6-8-17-12-11-14(2)22-20(17)18/h5-12,16H,1-4H3,(H,23,24)/t16-/m0/s1. The third kappa shape index (κ3) is 3.63. The molecular weight excluding hydrogens is 312 g/mol. The first kappa shape index (κ1) is 17.0. The molecule has 0 saturated heterocycles. The molecule has 0 spiro atoms. The maximum absolute atomic E-state index is 12.6. The van der Waals surface area contributed by atoms with Crippen LogP contribution in [0.2, 0.25) is 0 Å². The molecule has 4 nitrogen and oxygen atoms in total. The van der Waals surface area contributed by atoms with Gasteiger partial charge >= 0.3 is 0 Å². The molecule has 1 heterocycles. The summed E-state index contributed by atoms with van der Waals surface area (Å²) in [7, 11) is 0. The minimum Gasteiger partial charge on any atom is -0.481 e. The second-order valence-electron chi connectivity index (χ2n) is 6.28. The van der Waals surface area contributed by atoms with E-state index in [9.17, 15) is 4.79 Å². The smallest absolute Gasteiger partial charge is 0.265 e. The average Bonchev–Trinajstić information content (AvgIpc) is 2.59. The number of rotatable bonds is 4. The van der Waals surface area contributed by atoms with Crippen LogP contribution < -0.4 is 10.1 Å². The number of fused-ring (bicyclic) bond motifs is 1. The minimum atomic E-state index is -0.611. The highest BCUT2D eigenvalue weighted by molar-refractivity contribution is 6.01. The van der Waals surface area contributed by atoms with Crippen LogP contribution in [0, 0.1) is 20.8 Å². The second-order valence-corrected chi connectivity index (χ2v) is 6.28. The van der Waals surface area contributed by atoms with E-state index in [1.54, 1.807) is 6.92 Å². The molecule has 3 aromatic rings. The number of para-hydroxylation sites is 1. The highest BCUT2D eigenvalue weighted by Gasteiger charge is 2.17. The predicted octanol–water partition coefficient (Wildman–Crippen LogP) is 4.57. The van der Waals surface area contributed by atoms with Gasteiger partial charge in [-0.3, -0.25) is 9.78 Å². The Kier molecular flexibility index (Phi) is 4.70. The van der Waals surface area contributed by atoms with E-state index in [1.165, 1.54) is 0 Å². The topological polar surface area (TPSA) is 51.2 Å². The summed E-state index contributed by atoms with van der Waals surface area (Å²) in [6.07, 6.45) is -0.611. The summed E-state index contributed by atoms with van der Waals surface area (Å²) in [6, 6.07) is 15.5. The lowest BCUT2D eigenvalue weighted by molar-refractivity contribution is -0.122. The molecule has 0 unspecified atom stereocenters. The van der Waals surface area contributed by atoms with Crippen LogP contribution in [-0.2, 0) is 4.79 Å². The number of ether oxygens (including phenoxy) is 1. The van der Waals surface area contributed by atoms with Crippen LogP contribution in [0.4, 0.5) is 5.69 Å². The first-order valence-corrected chi connectivity index (χ1v) is 8.36. The number of aromatic nitrogens is 1. The van der Waals surface area contributed by atoms with Crippen molar-refractivity contribution in [1.29, 1.82) is 0 Å². The van der Waals surface area contributed by atoms with E-state index in [-0.39, 0.29) is 5.91 Å². The number of carbonyl (C=O) groups is 1. The van der Waals surface area contributed by atoms with Gasteiger partial charge in [0.1, 0.15) is 5.75 Å². The van der Waals surface area contributed by atoms with Gasteiger partial charge in [0.2, 0.25) is 0 Å². The largest absolute Gasteiger partial charge is 0.481 e. The van der Waals surface area contributed by atoms with Crippen LogP contribution in [0.25, 0.3) is 10.9 Å². The van der Waals surface area contributed by atoms with Crippen molar-refractivity contribution in [2.75, 3.05) is 5.32 Å². The molecule has 1 atom stereocenters. The number of carbonyl (C=O) groups excluding carboxylic acids is 1. The van der Waals surface area contributed by atoms with Crippen molar-refractivity contribution in [3.8, 4) is 5.75 Å². The Labute approximate surface area is 147 Å². The highest BCUT2D eigenvalue weighted by atomic mass is 16.5. The molecule has 2 aromatic carbocycles. The molecular formula is C21H22N2O2. The number of nitrogens with zero attached hydrogens (tertiary/aromatic N) is 1. The van der Waals surface area contributed by atoms with Gasteiger partial charge in [-0.2, -0.15) is 0 Å². The first-order chi connectivity index (χ1) is 12.0. The minimum absolute atomic E-state index is 0.197. The molecule has 0 radical (unpaired) electrons. The Balaban J connectivity index is 1.80. The van der Waals surface area contributed by atoms with Crippen LogP contribution in [0.15, 0.2) is 48.5 Å². The van der Waals surface area contributed by atoms with Crippen molar-refractivity contribution in [2.24, 2.45) is 0 Å². The van der Waals surface area contributed by atoms with Crippen LogP contribution in [0.1, 0.15) is 23.7 Å². The van der Waals surface area contributed by atoms with E-state index in [0.717, 1.165) is 33.5 Å². The highest BCUT2D eigenvalue weighted by Crippen LogP contribution is 2.24. The Morgan fingerprint density at radius 2 is 1.80 bits per heavy atom. The van der Waals surface area contributed by atoms with Gasteiger partial charge in [0.05, 0.1) is 11.2 Å². The van der Waals surface area contributed by atoms with Crippen LogP contribution in [-0.4, -0.2) is 17.0 Å². The maximum atomic E-state index is 12.6. The molecule has 1 amide bonds. The molecule has 0 fully saturated rings. The fourth-order valence-electron chi connectivity index (χ4n) is 2.68. The molecule has 3 rings (SSSR count). The number of aryl methyl sites for hydroxylation is 2. The van der Waals surface area contributed by atoms with Crippen molar-refractivity contribution < 1.29 is 9.53 Å². The summed E-state index contributed by atoms with van der Waals surface area (Å²) >= 11 is 0. The monoisotopic (exact) mass is 334 g/mol. The Bertz CT molecular complexity index is 934. The molecule has 0 aliphatic carbocycles. The number of pyridine rings is 1. The van der Waals surface area contributed by atoms with E-state index < -0.39 is 6.10 Å². The number of hydrogen-bond donors (Lipinski definition) is 1. The lowest BCUT2D eigenvalue weighted by atomic mass is 10.1. The van der Waals surface area contributed by atoms with E-state index in [4.69, 9.17) is 4.74 Å². The van der Waals surface area contributed by atoms with Crippen molar-refractivity contribution in [1.82, 2.24) is 4.98 Å². The van der Waals surface area contributed by atoms with Gasteiger partial charge in [-0.15, -0.1) is 0 Å². The van der Waals surface area contributed by atoms with Gasteiger partial charge in [-0.05, 0) is 57.0 Å². The number of benzene rings is 2. The molecule has 0 saturated carbocycles. The maximum Gasteiger partial charge on any atom is 0.265 e. The zero-order valence-corrected chi connectivity index (χ0v) is 15.0. The van der Waals surface area contributed by atoms with Crippen LogP contribution in [0.5, 0.6) is 5.75 Å². The SMILES string of the molecule is Cc1ccc2cccc(NC(=O)[C@H](C)Oc3cccc(C)c3C)c2n1. The van der Waals surface area contributed by atoms with Crippen molar-refractivity contribution in [3.63, 3.8) is 0 Å². The van der Waals surface area contributed by atoms with Gasteiger partial charge in [0.15, 0.2) is 6.10 Å². The summed E-state index contributed by atoms with van der Waals surface area (Å²) in [4.78, 5) is 17.1. The van der Waals surface area contributed by atoms with Gasteiger partial charge in [0, 0.05) is 11.1 Å². The van der Waals surface area contributed by atoms with E-state index in [0.29, 0.717) is 5.69 Å². The van der Waals surface area contributed by atoms with Gasteiger partial charge in [0.25, 0.3) is 5.91 Å². The van der Waals surface area contributed by atoms with Gasteiger partial charge in [-0.25, -0.2) is 0 Å². The van der Waals surface area contributed by atoms with Crippen molar-refractivity contribution in [2.45, 2.75) is 33.8 Å². The number of amides is 1. The summed E-state index contributed by atoms with van der Waals surface area (Å²) < 4.78 is 5.86. The van der Waals surface area contributed by atoms with E-state index in [2.05, 4.69) is 10.3 Å². The summed E-state index contributed by atoms with van der Waals surface area (Å²) in [5, 5.41) is 3.93. The second kappa shape index (κ2) is 6.93. The van der Waals surface area contributed by atoms with E-state index in [1.807, 2.05) is 69.3 Å². The first-order valence-electron chi connectivity index (χ1n) is 8.36.